The SMILES string of the molecule is Cc1cnc(-c2nc3c(n2C)CN(O)C3)o1. The highest BCUT2D eigenvalue weighted by molar-refractivity contribution is 5.45. The topological polar surface area (TPSA) is 67.3 Å². The average Bonchev–Trinajstić information content (AvgIpc) is 2.85. The van der Waals surface area contributed by atoms with E-state index < -0.39 is 0 Å². The first-order chi connectivity index (χ1) is 7.65. The molecule has 84 valence electrons. The van der Waals surface area contributed by atoms with Crippen LogP contribution in [0.25, 0.3) is 11.7 Å². The maximum atomic E-state index is 9.37. The standard InChI is InChI=1S/C10H12N4O2/c1-6-3-11-10(16-6)9-12-7-4-14(15)5-8(7)13(9)2/h3,15H,4-5H2,1-2H3. The molecule has 0 unspecified atom stereocenters. The van der Waals surface area contributed by atoms with Gasteiger partial charge in [-0.3, -0.25) is 0 Å². The summed E-state index contributed by atoms with van der Waals surface area (Å²) in [4.78, 5) is 8.58. The van der Waals surface area contributed by atoms with Gasteiger partial charge >= 0.3 is 0 Å². The Bertz CT molecular complexity index is 543. The summed E-state index contributed by atoms with van der Waals surface area (Å²) >= 11 is 0. The van der Waals surface area contributed by atoms with Gasteiger partial charge in [-0.05, 0) is 6.92 Å². The molecule has 2 aromatic heterocycles. The van der Waals surface area contributed by atoms with Crippen molar-refractivity contribution in [3.05, 3.63) is 23.3 Å². The highest BCUT2D eigenvalue weighted by Crippen LogP contribution is 2.26. The van der Waals surface area contributed by atoms with E-state index in [0.29, 0.717) is 24.8 Å². The summed E-state index contributed by atoms with van der Waals surface area (Å²) in [7, 11) is 1.90. The summed E-state index contributed by atoms with van der Waals surface area (Å²) < 4.78 is 7.36. The summed E-state index contributed by atoms with van der Waals surface area (Å²) in [6, 6.07) is 0. The molecule has 0 bridgehead atoms. The Morgan fingerprint density at radius 3 is 2.88 bits per heavy atom. The van der Waals surface area contributed by atoms with Crippen LogP contribution in [-0.2, 0) is 20.1 Å². The highest BCUT2D eigenvalue weighted by Gasteiger charge is 2.26. The lowest BCUT2D eigenvalue weighted by Crippen LogP contribution is -2.12. The van der Waals surface area contributed by atoms with Crippen LogP contribution in [0.2, 0.25) is 0 Å². The summed E-state index contributed by atoms with van der Waals surface area (Å²) in [5.41, 5.74) is 1.89. The first kappa shape index (κ1) is 9.56. The molecule has 1 aliphatic heterocycles. The third-order valence-corrected chi connectivity index (χ3v) is 2.77. The van der Waals surface area contributed by atoms with Crippen LogP contribution in [0.5, 0.6) is 0 Å². The molecular weight excluding hydrogens is 208 g/mol. The van der Waals surface area contributed by atoms with Gasteiger partial charge in [-0.1, -0.05) is 0 Å². The van der Waals surface area contributed by atoms with E-state index >= 15 is 0 Å². The lowest BCUT2D eigenvalue weighted by atomic mass is 10.4. The Labute approximate surface area is 92.1 Å². The third kappa shape index (κ3) is 1.27. The number of hydrogen-bond donors (Lipinski definition) is 1. The molecule has 0 atom stereocenters. The van der Waals surface area contributed by atoms with Gasteiger partial charge in [0.1, 0.15) is 5.76 Å². The van der Waals surface area contributed by atoms with E-state index in [1.165, 1.54) is 5.06 Å². The van der Waals surface area contributed by atoms with Gasteiger partial charge in [0.25, 0.3) is 5.89 Å². The fraction of sp³-hybridized carbons (Fsp3) is 0.400. The number of nitrogens with zero attached hydrogens (tertiary/aromatic N) is 4. The Kier molecular flexibility index (Phi) is 1.89. The van der Waals surface area contributed by atoms with Gasteiger partial charge in [0.05, 0.1) is 30.7 Å². The molecule has 6 heteroatoms. The molecule has 0 amide bonds. The average molecular weight is 220 g/mol. The fourth-order valence-corrected chi connectivity index (χ4v) is 1.96. The number of oxazole rings is 1. The molecule has 0 spiro atoms. The lowest BCUT2D eigenvalue weighted by molar-refractivity contribution is -0.0984. The number of rotatable bonds is 1. The second-order valence-electron chi connectivity index (χ2n) is 3.99. The van der Waals surface area contributed by atoms with Crippen LogP contribution >= 0.6 is 0 Å². The molecule has 0 aromatic carbocycles. The number of imidazole rings is 1. The minimum absolute atomic E-state index is 0.461. The van der Waals surface area contributed by atoms with Crippen LogP contribution in [-0.4, -0.2) is 24.8 Å². The summed E-state index contributed by atoms with van der Waals surface area (Å²) in [6.07, 6.45) is 1.67. The van der Waals surface area contributed by atoms with E-state index in [2.05, 4.69) is 9.97 Å². The van der Waals surface area contributed by atoms with Crippen molar-refractivity contribution in [2.45, 2.75) is 20.0 Å². The Morgan fingerprint density at radius 2 is 2.25 bits per heavy atom. The van der Waals surface area contributed by atoms with Crippen molar-refractivity contribution in [3.63, 3.8) is 0 Å². The molecule has 3 rings (SSSR count). The van der Waals surface area contributed by atoms with E-state index in [0.717, 1.165) is 17.1 Å². The predicted molar refractivity (Wildman–Crippen MR) is 54.5 cm³/mol. The smallest absolute Gasteiger partial charge is 0.263 e. The first-order valence-electron chi connectivity index (χ1n) is 5.06. The molecule has 2 aromatic rings. The van der Waals surface area contributed by atoms with Crippen LogP contribution in [0.15, 0.2) is 10.6 Å². The van der Waals surface area contributed by atoms with E-state index in [1.54, 1.807) is 6.20 Å². The van der Waals surface area contributed by atoms with Gasteiger partial charge in [-0.25, -0.2) is 9.97 Å². The Hall–Kier alpha value is -1.66. The second kappa shape index (κ2) is 3.16. The first-order valence-corrected chi connectivity index (χ1v) is 5.06. The van der Waals surface area contributed by atoms with E-state index in [-0.39, 0.29) is 0 Å². The van der Waals surface area contributed by atoms with E-state index in [1.807, 2.05) is 18.5 Å². The molecule has 0 saturated carbocycles. The monoisotopic (exact) mass is 220 g/mol. The molecule has 6 nitrogen and oxygen atoms in total. The zero-order chi connectivity index (χ0) is 11.3. The maximum absolute atomic E-state index is 9.37. The van der Waals surface area contributed by atoms with Gasteiger partial charge < -0.3 is 14.2 Å². The van der Waals surface area contributed by atoms with Crippen LogP contribution in [0, 0.1) is 6.92 Å². The van der Waals surface area contributed by atoms with Gasteiger partial charge in [0, 0.05) is 7.05 Å². The highest BCUT2D eigenvalue weighted by atomic mass is 16.5. The Morgan fingerprint density at radius 1 is 1.44 bits per heavy atom. The van der Waals surface area contributed by atoms with Crippen molar-refractivity contribution in [1.82, 2.24) is 19.6 Å². The fourth-order valence-electron chi connectivity index (χ4n) is 1.96. The van der Waals surface area contributed by atoms with E-state index in [9.17, 15) is 5.21 Å². The van der Waals surface area contributed by atoms with Gasteiger partial charge in [-0.15, -0.1) is 0 Å². The van der Waals surface area contributed by atoms with Crippen molar-refractivity contribution >= 4 is 0 Å². The largest absolute Gasteiger partial charge is 0.439 e. The molecule has 16 heavy (non-hydrogen) atoms. The number of aromatic nitrogens is 3. The van der Waals surface area contributed by atoms with Crippen molar-refractivity contribution in [2.24, 2.45) is 7.05 Å². The number of aryl methyl sites for hydroxylation is 1. The maximum Gasteiger partial charge on any atom is 0.263 e. The number of hydroxylamine groups is 2. The summed E-state index contributed by atoms with van der Waals surface area (Å²) in [5.74, 6) is 2.01. The molecule has 0 saturated heterocycles. The number of hydrogen-bond acceptors (Lipinski definition) is 5. The normalized spacial score (nSPS) is 15.7. The van der Waals surface area contributed by atoms with Crippen molar-refractivity contribution < 1.29 is 9.62 Å². The van der Waals surface area contributed by atoms with Crippen LogP contribution in [0.3, 0.4) is 0 Å². The van der Waals surface area contributed by atoms with Gasteiger partial charge in [0.2, 0.25) is 0 Å². The Balaban J connectivity index is 2.08. The zero-order valence-electron chi connectivity index (χ0n) is 9.14. The zero-order valence-corrected chi connectivity index (χ0v) is 9.14. The second-order valence-corrected chi connectivity index (χ2v) is 3.99. The molecule has 0 fully saturated rings. The molecule has 0 radical (unpaired) electrons. The van der Waals surface area contributed by atoms with Crippen molar-refractivity contribution in [3.8, 4) is 11.7 Å². The minimum Gasteiger partial charge on any atom is -0.439 e. The van der Waals surface area contributed by atoms with Gasteiger partial charge in [-0.2, -0.15) is 5.06 Å². The molecule has 0 aliphatic carbocycles. The molecule has 1 N–H and O–H groups in total. The molecule has 3 heterocycles. The summed E-state index contributed by atoms with van der Waals surface area (Å²) in [6.45, 7) is 2.81. The van der Waals surface area contributed by atoms with Crippen LogP contribution < -0.4 is 0 Å². The minimum atomic E-state index is 0.461. The number of fused-ring (bicyclic) bond motifs is 1. The predicted octanol–water partition coefficient (Wildman–Crippen LogP) is 1.09. The lowest BCUT2D eigenvalue weighted by Gasteiger charge is -2.05. The molecule has 1 aliphatic rings. The van der Waals surface area contributed by atoms with Crippen molar-refractivity contribution in [1.29, 1.82) is 0 Å². The third-order valence-electron chi connectivity index (χ3n) is 2.77. The van der Waals surface area contributed by atoms with Crippen LogP contribution in [0.4, 0.5) is 0 Å². The van der Waals surface area contributed by atoms with E-state index in [4.69, 9.17) is 4.42 Å². The van der Waals surface area contributed by atoms with Crippen molar-refractivity contribution in [2.75, 3.05) is 0 Å². The van der Waals surface area contributed by atoms with Gasteiger partial charge in [0.15, 0.2) is 5.82 Å². The van der Waals surface area contributed by atoms with Crippen LogP contribution in [0.1, 0.15) is 17.1 Å². The molecular formula is C10H12N4O2. The quantitative estimate of drug-likeness (QED) is 0.779. The summed E-state index contributed by atoms with van der Waals surface area (Å²) in [5, 5.41) is 10.6.